The Bertz CT molecular complexity index is 820. The smallest absolute Gasteiger partial charge is 0.0900 e. The molecule has 146 valence electrons. The molecule has 0 amide bonds. The van der Waals surface area contributed by atoms with Crippen LogP contribution in [0, 0.1) is 6.92 Å². The number of aliphatic hydroxyl groups is 1. The molecule has 0 heterocycles. The Morgan fingerprint density at radius 1 is 0.786 bits per heavy atom. The van der Waals surface area contributed by atoms with Gasteiger partial charge >= 0.3 is 0 Å². The minimum atomic E-state index is -0.531. The van der Waals surface area contributed by atoms with Crippen molar-refractivity contribution in [3.05, 3.63) is 107 Å². The summed E-state index contributed by atoms with van der Waals surface area (Å²) in [6.07, 6.45) is -0.531. The molecule has 3 aromatic carbocycles. The van der Waals surface area contributed by atoms with E-state index in [4.69, 9.17) is 4.74 Å². The lowest BCUT2D eigenvalue weighted by Crippen LogP contribution is -2.34. The second-order valence-corrected chi connectivity index (χ2v) is 7.24. The van der Waals surface area contributed by atoms with E-state index in [1.54, 1.807) is 0 Å². The first-order valence-electron chi connectivity index (χ1n) is 9.81. The number of aliphatic hydroxyl groups excluding tert-OH is 1. The summed E-state index contributed by atoms with van der Waals surface area (Å²) in [5.41, 5.74) is 4.93. The van der Waals surface area contributed by atoms with E-state index in [1.807, 2.05) is 36.4 Å². The molecule has 0 aliphatic heterocycles. The summed E-state index contributed by atoms with van der Waals surface area (Å²) in [5, 5.41) is 10.6. The van der Waals surface area contributed by atoms with Crippen molar-refractivity contribution in [2.24, 2.45) is 0 Å². The normalized spacial score (nSPS) is 12.2. The molecule has 1 atom stereocenters. The van der Waals surface area contributed by atoms with E-state index in [0.717, 1.165) is 18.7 Å². The van der Waals surface area contributed by atoms with Crippen LogP contribution in [0.4, 0.5) is 0 Å². The molecule has 28 heavy (non-hydrogen) atoms. The van der Waals surface area contributed by atoms with Crippen LogP contribution in [-0.4, -0.2) is 29.3 Å². The highest BCUT2D eigenvalue weighted by molar-refractivity contribution is 5.25. The average molecular weight is 376 g/mol. The number of ether oxygens (including phenoxy) is 1. The van der Waals surface area contributed by atoms with Gasteiger partial charge < -0.3 is 9.84 Å². The first-order chi connectivity index (χ1) is 13.7. The van der Waals surface area contributed by atoms with Crippen molar-refractivity contribution in [3.8, 4) is 0 Å². The summed E-state index contributed by atoms with van der Waals surface area (Å²) >= 11 is 0. The average Bonchev–Trinajstić information content (AvgIpc) is 2.71. The van der Waals surface area contributed by atoms with Crippen molar-refractivity contribution >= 4 is 0 Å². The highest BCUT2D eigenvalue weighted by Crippen LogP contribution is 2.14. The third kappa shape index (κ3) is 6.61. The van der Waals surface area contributed by atoms with Crippen LogP contribution in [0.15, 0.2) is 84.9 Å². The maximum absolute atomic E-state index is 10.6. The number of benzene rings is 3. The van der Waals surface area contributed by atoms with Crippen molar-refractivity contribution in [1.29, 1.82) is 0 Å². The second-order valence-electron chi connectivity index (χ2n) is 7.24. The van der Waals surface area contributed by atoms with Crippen molar-refractivity contribution in [1.82, 2.24) is 4.90 Å². The van der Waals surface area contributed by atoms with E-state index in [9.17, 15) is 5.11 Å². The molecule has 0 aromatic heterocycles. The first-order valence-corrected chi connectivity index (χ1v) is 9.81. The topological polar surface area (TPSA) is 32.7 Å². The van der Waals surface area contributed by atoms with Gasteiger partial charge in [-0.15, -0.1) is 0 Å². The van der Waals surface area contributed by atoms with Gasteiger partial charge in [-0.1, -0.05) is 84.9 Å². The standard InChI is InChI=1S/C25H29NO2/c1-21-10-8-9-15-24(21)17-26(16-22-11-4-2-5-12-22)18-25(27)20-28-19-23-13-6-3-7-14-23/h2-15,25,27H,16-20H2,1H3/t25-/m0/s1. The van der Waals surface area contributed by atoms with Gasteiger partial charge in [-0.3, -0.25) is 4.90 Å². The Morgan fingerprint density at radius 3 is 2.07 bits per heavy atom. The maximum atomic E-state index is 10.6. The van der Waals surface area contributed by atoms with Crippen LogP contribution in [0.1, 0.15) is 22.3 Å². The molecule has 0 bridgehead atoms. The van der Waals surface area contributed by atoms with Crippen LogP contribution in [0.3, 0.4) is 0 Å². The lowest BCUT2D eigenvalue weighted by Gasteiger charge is -2.26. The Morgan fingerprint density at radius 2 is 1.39 bits per heavy atom. The molecule has 3 heteroatoms. The summed E-state index contributed by atoms with van der Waals surface area (Å²) in [7, 11) is 0. The van der Waals surface area contributed by atoms with E-state index in [2.05, 4.69) is 60.4 Å². The molecular weight excluding hydrogens is 346 g/mol. The van der Waals surface area contributed by atoms with Gasteiger partial charge in [0, 0.05) is 19.6 Å². The summed E-state index contributed by atoms with van der Waals surface area (Å²) < 4.78 is 5.73. The van der Waals surface area contributed by atoms with Gasteiger partial charge in [-0.05, 0) is 29.2 Å². The lowest BCUT2D eigenvalue weighted by molar-refractivity contribution is 0.00710. The quantitative estimate of drug-likeness (QED) is 0.563. The molecule has 0 fully saturated rings. The van der Waals surface area contributed by atoms with Crippen molar-refractivity contribution in [3.63, 3.8) is 0 Å². The molecule has 0 aliphatic rings. The van der Waals surface area contributed by atoms with Crippen LogP contribution in [0.25, 0.3) is 0 Å². The van der Waals surface area contributed by atoms with Crippen LogP contribution in [0.5, 0.6) is 0 Å². The fourth-order valence-corrected chi connectivity index (χ4v) is 3.29. The van der Waals surface area contributed by atoms with E-state index >= 15 is 0 Å². The van der Waals surface area contributed by atoms with Gasteiger partial charge in [0.15, 0.2) is 0 Å². The lowest BCUT2D eigenvalue weighted by atomic mass is 10.1. The van der Waals surface area contributed by atoms with Crippen LogP contribution < -0.4 is 0 Å². The number of hydrogen-bond acceptors (Lipinski definition) is 3. The van der Waals surface area contributed by atoms with E-state index in [1.165, 1.54) is 16.7 Å². The Kier molecular flexibility index (Phi) is 7.80. The first kappa shape index (κ1) is 20.3. The zero-order chi connectivity index (χ0) is 19.6. The van der Waals surface area contributed by atoms with E-state index in [-0.39, 0.29) is 0 Å². The zero-order valence-corrected chi connectivity index (χ0v) is 16.5. The highest BCUT2D eigenvalue weighted by Gasteiger charge is 2.14. The van der Waals surface area contributed by atoms with E-state index in [0.29, 0.717) is 19.8 Å². The molecule has 0 saturated heterocycles. The minimum absolute atomic E-state index is 0.327. The third-order valence-electron chi connectivity index (χ3n) is 4.79. The Labute approximate surface area is 168 Å². The predicted molar refractivity (Wildman–Crippen MR) is 114 cm³/mol. The van der Waals surface area contributed by atoms with Gasteiger partial charge in [0.2, 0.25) is 0 Å². The van der Waals surface area contributed by atoms with Crippen LogP contribution in [0.2, 0.25) is 0 Å². The fourth-order valence-electron chi connectivity index (χ4n) is 3.29. The fraction of sp³-hybridized carbons (Fsp3) is 0.280. The number of nitrogens with zero attached hydrogens (tertiary/aromatic N) is 1. The summed E-state index contributed by atoms with van der Waals surface area (Å²) in [4.78, 5) is 2.29. The molecule has 0 aliphatic carbocycles. The summed E-state index contributed by atoms with van der Waals surface area (Å²) in [6, 6.07) is 28.9. The SMILES string of the molecule is Cc1ccccc1CN(Cc1ccccc1)C[C@H](O)COCc1ccccc1. The molecule has 3 aromatic rings. The van der Waals surface area contributed by atoms with Gasteiger partial charge in [0.05, 0.1) is 19.3 Å². The van der Waals surface area contributed by atoms with Gasteiger partial charge in [-0.25, -0.2) is 0 Å². The van der Waals surface area contributed by atoms with Crippen LogP contribution in [-0.2, 0) is 24.4 Å². The maximum Gasteiger partial charge on any atom is 0.0900 e. The molecule has 0 unspecified atom stereocenters. The molecule has 0 spiro atoms. The monoisotopic (exact) mass is 375 g/mol. The van der Waals surface area contributed by atoms with Gasteiger partial charge in [-0.2, -0.15) is 0 Å². The van der Waals surface area contributed by atoms with Crippen molar-refractivity contribution in [2.45, 2.75) is 32.7 Å². The summed E-state index contributed by atoms with van der Waals surface area (Å²) in [5.74, 6) is 0. The summed E-state index contributed by atoms with van der Waals surface area (Å²) in [6.45, 7) is 5.15. The second kappa shape index (κ2) is 10.8. The minimum Gasteiger partial charge on any atom is -0.389 e. The number of hydrogen-bond donors (Lipinski definition) is 1. The van der Waals surface area contributed by atoms with Gasteiger partial charge in [0.25, 0.3) is 0 Å². The molecule has 3 rings (SSSR count). The molecule has 0 saturated carbocycles. The molecule has 0 radical (unpaired) electrons. The van der Waals surface area contributed by atoms with Crippen LogP contribution >= 0.6 is 0 Å². The van der Waals surface area contributed by atoms with Crippen molar-refractivity contribution in [2.75, 3.05) is 13.2 Å². The third-order valence-corrected chi connectivity index (χ3v) is 4.79. The van der Waals surface area contributed by atoms with Gasteiger partial charge in [0.1, 0.15) is 0 Å². The number of aryl methyl sites for hydroxylation is 1. The highest BCUT2D eigenvalue weighted by atomic mass is 16.5. The molecular formula is C25H29NO2. The number of rotatable bonds is 10. The van der Waals surface area contributed by atoms with E-state index < -0.39 is 6.10 Å². The Hall–Kier alpha value is -2.46. The molecule has 3 nitrogen and oxygen atoms in total. The van der Waals surface area contributed by atoms with Crippen molar-refractivity contribution < 1.29 is 9.84 Å². The largest absolute Gasteiger partial charge is 0.389 e. The predicted octanol–water partition coefficient (Wildman–Crippen LogP) is 4.57. The zero-order valence-electron chi connectivity index (χ0n) is 16.5. The Balaban J connectivity index is 1.58. The molecule has 1 N–H and O–H groups in total.